The number of nitrogens with two attached hydrogens (primary N) is 1. The number of sulfonamides is 1. The van der Waals surface area contributed by atoms with Crippen molar-refractivity contribution >= 4 is 15.7 Å². The molecule has 1 aromatic carbocycles. The molecule has 0 aliphatic heterocycles. The first-order valence-electron chi connectivity index (χ1n) is 5.61. The van der Waals surface area contributed by atoms with Crippen LogP contribution < -0.4 is 10.5 Å². The second kappa shape index (κ2) is 5.37. The van der Waals surface area contributed by atoms with E-state index in [2.05, 4.69) is 19.4 Å². The van der Waals surface area contributed by atoms with Crippen molar-refractivity contribution in [1.29, 1.82) is 0 Å². The topological polar surface area (TPSA) is 111 Å². The third kappa shape index (κ3) is 3.09. The second-order valence-corrected chi connectivity index (χ2v) is 5.69. The van der Waals surface area contributed by atoms with Gasteiger partial charge < -0.3 is 10.3 Å². The van der Waals surface area contributed by atoms with Crippen LogP contribution in [-0.2, 0) is 16.4 Å². The van der Waals surface area contributed by atoms with Crippen molar-refractivity contribution in [3.05, 3.63) is 36.0 Å². The Labute approximate surface area is 110 Å². The van der Waals surface area contributed by atoms with E-state index in [1.807, 2.05) is 0 Å². The molecule has 0 aliphatic rings. The number of aryl methyl sites for hydroxylation is 1. The summed E-state index contributed by atoms with van der Waals surface area (Å²) in [7, 11) is -3.64. The minimum absolute atomic E-state index is 0.114. The van der Waals surface area contributed by atoms with Gasteiger partial charge in [0.25, 0.3) is 0 Å². The van der Waals surface area contributed by atoms with Crippen LogP contribution in [0.2, 0.25) is 0 Å². The van der Waals surface area contributed by atoms with Gasteiger partial charge in [-0.1, -0.05) is 17.3 Å². The van der Waals surface area contributed by atoms with Gasteiger partial charge in [0.1, 0.15) is 4.90 Å². The number of hydrogen-bond donors (Lipinski definition) is 2. The van der Waals surface area contributed by atoms with E-state index in [1.165, 1.54) is 6.39 Å². The Bertz CT molecular complexity index is 632. The van der Waals surface area contributed by atoms with Crippen molar-refractivity contribution in [2.45, 2.75) is 18.2 Å². The fourth-order valence-corrected chi connectivity index (χ4v) is 3.10. The maximum atomic E-state index is 12.1. The minimum atomic E-state index is -3.64. The molecule has 19 heavy (non-hydrogen) atoms. The van der Waals surface area contributed by atoms with Gasteiger partial charge in [-0.3, -0.25) is 0 Å². The highest BCUT2D eigenvalue weighted by molar-refractivity contribution is 7.89. The number of nitrogens with zero attached hydrogens (tertiary/aromatic N) is 2. The van der Waals surface area contributed by atoms with Gasteiger partial charge in [0.2, 0.25) is 16.4 Å². The lowest BCUT2D eigenvalue weighted by atomic mass is 10.2. The quantitative estimate of drug-likeness (QED) is 0.772. The van der Waals surface area contributed by atoms with E-state index in [1.54, 1.807) is 25.1 Å². The van der Waals surface area contributed by atoms with Gasteiger partial charge >= 0.3 is 0 Å². The summed E-state index contributed by atoms with van der Waals surface area (Å²) in [6.07, 6.45) is 1.55. The largest absolute Gasteiger partial charge is 0.398 e. The molecule has 0 aliphatic carbocycles. The SMILES string of the molecule is Cc1cccc(N)c1S(=O)(=O)NCCc1ncon1. The molecule has 2 rings (SSSR count). The van der Waals surface area contributed by atoms with Crippen molar-refractivity contribution in [3.63, 3.8) is 0 Å². The molecule has 0 radical (unpaired) electrons. The fourth-order valence-electron chi connectivity index (χ4n) is 1.71. The van der Waals surface area contributed by atoms with Crippen molar-refractivity contribution in [2.24, 2.45) is 0 Å². The van der Waals surface area contributed by atoms with Gasteiger partial charge in [0.05, 0.1) is 5.69 Å². The van der Waals surface area contributed by atoms with E-state index >= 15 is 0 Å². The Balaban J connectivity index is 2.10. The highest BCUT2D eigenvalue weighted by Gasteiger charge is 2.19. The van der Waals surface area contributed by atoms with Gasteiger partial charge in [-0.2, -0.15) is 4.98 Å². The lowest BCUT2D eigenvalue weighted by Crippen LogP contribution is -2.27. The van der Waals surface area contributed by atoms with Crippen LogP contribution in [0, 0.1) is 6.92 Å². The second-order valence-electron chi connectivity index (χ2n) is 3.99. The highest BCUT2D eigenvalue weighted by Crippen LogP contribution is 2.21. The van der Waals surface area contributed by atoms with Gasteiger partial charge in [0, 0.05) is 13.0 Å². The third-order valence-corrected chi connectivity index (χ3v) is 4.24. The number of hydrogen-bond acceptors (Lipinski definition) is 6. The summed E-state index contributed by atoms with van der Waals surface area (Å²) in [5.41, 5.74) is 6.55. The Morgan fingerprint density at radius 2 is 2.21 bits per heavy atom. The predicted octanol–water partition coefficient (Wildman–Crippen LogP) is 0.481. The number of benzene rings is 1. The summed E-state index contributed by atoms with van der Waals surface area (Å²) in [5, 5.41) is 3.60. The van der Waals surface area contributed by atoms with Crippen molar-refractivity contribution < 1.29 is 12.9 Å². The van der Waals surface area contributed by atoms with Crippen LogP contribution in [0.1, 0.15) is 11.4 Å². The maximum Gasteiger partial charge on any atom is 0.242 e. The molecule has 0 saturated heterocycles. The van der Waals surface area contributed by atoms with E-state index in [0.717, 1.165) is 0 Å². The molecular formula is C11H14N4O3S. The van der Waals surface area contributed by atoms with Crippen LogP contribution in [0.5, 0.6) is 0 Å². The average Bonchev–Trinajstić information content (AvgIpc) is 2.81. The van der Waals surface area contributed by atoms with Gasteiger partial charge in [0.15, 0.2) is 5.82 Å². The summed E-state index contributed by atoms with van der Waals surface area (Å²) in [4.78, 5) is 3.92. The molecule has 102 valence electrons. The molecule has 0 bridgehead atoms. The molecule has 0 amide bonds. The molecule has 0 spiro atoms. The van der Waals surface area contributed by atoms with Crippen LogP contribution in [-0.4, -0.2) is 25.1 Å². The lowest BCUT2D eigenvalue weighted by molar-refractivity contribution is 0.410. The maximum absolute atomic E-state index is 12.1. The van der Waals surface area contributed by atoms with Gasteiger partial charge in [-0.15, -0.1) is 0 Å². The molecular weight excluding hydrogens is 268 g/mol. The Morgan fingerprint density at radius 3 is 2.84 bits per heavy atom. The molecule has 2 aromatic rings. The van der Waals surface area contributed by atoms with Crippen LogP contribution in [0.4, 0.5) is 5.69 Å². The van der Waals surface area contributed by atoms with E-state index in [-0.39, 0.29) is 17.1 Å². The Kier molecular flexibility index (Phi) is 3.82. The summed E-state index contributed by atoms with van der Waals surface area (Å²) < 4.78 is 31.3. The Morgan fingerprint density at radius 1 is 1.42 bits per heavy atom. The fraction of sp³-hybridized carbons (Fsp3) is 0.273. The van der Waals surface area contributed by atoms with E-state index in [9.17, 15) is 8.42 Å². The molecule has 0 fully saturated rings. The standard InChI is InChI=1S/C11H14N4O3S/c1-8-3-2-4-9(12)11(8)19(16,17)14-6-5-10-13-7-18-15-10/h2-4,7,14H,5-6,12H2,1H3. The minimum Gasteiger partial charge on any atom is -0.398 e. The smallest absolute Gasteiger partial charge is 0.242 e. The molecule has 0 unspecified atom stereocenters. The number of nitrogens with one attached hydrogen (secondary N) is 1. The molecule has 0 atom stereocenters. The van der Waals surface area contributed by atoms with E-state index < -0.39 is 10.0 Å². The van der Waals surface area contributed by atoms with Crippen molar-refractivity contribution in [2.75, 3.05) is 12.3 Å². The number of anilines is 1. The highest BCUT2D eigenvalue weighted by atomic mass is 32.2. The zero-order valence-electron chi connectivity index (χ0n) is 10.3. The summed E-state index contributed by atoms with van der Waals surface area (Å²) in [5.74, 6) is 0.445. The Hall–Kier alpha value is -1.93. The monoisotopic (exact) mass is 282 g/mol. The summed E-state index contributed by atoms with van der Waals surface area (Å²) in [6.45, 7) is 1.87. The molecule has 1 aromatic heterocycles. The number of rotatable bonds is 5. The first-order valence-corrected chi connectivity index (χ1v) is 7.09. The summed E-state index contributed by atoms with van der Waals surface area (Å²) >= 11 is 0. The lowest BCUT2D eigenvalue weighted by Gasteiger charge is -2.10. The molecule has 7 nitrogen and oxygen atoms in total. The summed E-state index contributed by atoms with van der Waals surface area (Å²) in [6, 6.07) is 4.97. The predicted molar refractivity (Wildman–Crippen MR) is 68.8 cm³/mol. The van der Waals surface area contributed by atoms with E-state index in [0.29, 0.717) is 17.8 Å². The van der Waals surface area contributed by atoms with Crippen LogP contribution in [0.3, 0.4) is 0 Å². The number of nitrogen functional groups attached to an aromatic ring is 1. The number of aromatic nitrogens is 2. The van der Waals surface area contributed by atoms with Crippen LogP contribution in [0.15, 0.2) is 34.0 Å². The zero-order chi connectivity index (χ0) is 13.9. The van der Waals surface area contributed by atoms with Gasteiger partial charge in [-0.25, -0.2) is 13.1 Å². The van der Waals surface area contributed by atoms with Crippen molar-refractivity contribution in [3.8, 4) is 0 Å². The molecule has 1 heterocycles. The first kappa shape index (κ1) is 13.5. The van der Waals surface area contributed by atoms with Crippen LogP contribution >= 0.6 is 0 Å². The molecule has 0 saturated carbocycles. The normalized spacial score (nSPS) is 11.6. The molecule has 3 N–H and O–H groups in total. The van der Waals surface area contributed by atoms with Crippen molar-refractivity contribution in [1.82, 2.24) is 14.9 Å². The first-order chi connectivity index (χ1) is 9.00. The van der Waals surface area contributed by atoms with Gasteiger partial charge in [-0.05, 0) is 18.6 Å². The third-order valence-electron chi connectivity index (χ3n) is 2.56. The zero-order valence-corrected chi connectivity index (χ0v) is 11.1. The van der Waals surface area contributed by atoms with Crippen LogP contribution in [0.25, 0.3) is 0 Å². The molecule has 8 heteroatoms. The average molecular weight is 282 g/mol. The van der Waals surface area contributed by atoms with E-state index in [4.69, 9.17) is 5.73 Å².